The van der Waals surface area contributed by atoms with Gasteiger partial charge in [-0.3, -0.25) is 4.79 Å². The van der Waals surface area contributed by atoms with E-state index in [-0.39, 0.29) is 18.1 Å². The Kier molecular flexibility index (Phi) is 5.18. The number of halogens is 1. The SMILES string of the molecule is CCC(=O)Nc1ccc(F)c(C#CCCO)c1. The maximum absolute atomic E-state index is 13.3. The summed E-state index contributed by atoms with van der Waals surface area (Å²) < 4.78 is 13.3. The average Bonchev–Trinajstić information content (AvgIpc) is 2.33. The summed E-state index contributed by atoms with van der Waals surface area (Å²) in [6, 6.07) is 4.22. The van der Waals surface area contributed by atoms with Crippen molar-refractivity contribution >= 4 is 11.6 Å². The highest BCUT2D eigenvalue weighted by Gasteiger charge is 2.03. The van der Waals surface area contributed by atoms with Crippen molar-refractivity contribution in [3.05, 3.63) is 29.6 Å². The van der Waals surface area contributed by atoms with Crippen molar-refractivity contribution in [2.45, 2.75) is 19.8 Å². The van der Waals surface area contributed by atoms with Crippen LogP contribution < -0.4 is 5.32 Å². The van der Waals surface area contributed by atoms with Crippen molar-refractivity contribution in [2.75, 3.05) is 11.9 Å². The third-order valence-electron chi connectivity index (χ3n) is 2.03. The first-order valence-electron chi connectivity index (χ1n) is 5.36. The molecule has 3 nitrogen and oxygen atoms in total. The van der Waals surface area contributed by atoms with Crippen LogP contribution in [0.5, 0.6) is 0 Å². The zero-order valence-corrected chi connectivity index (χ0v) is 9.59. The van der Waals surface area contributed by atoms with Gasteiger partial charge in [0.1, 0.15) is 5.82 Å². The molecule has 4 heteroatoms. The Balaban J connectivity index is 2.87. The summed E-state index contributed by atoms with van der Waals surface area (Å²) in [6.45, 7) is 1.68. The number of hydrogen-bond acceptors (Lipinski definition) is 2. The van der Waals surface area contributed by atoms with Gasteiger partial charge in [-0.25, -0.2) is 4.39 Å². The Morgan fingerprint density at radius 3 is 2.94 bits per heavy atom. The summed E-state index contributed by atoms with van der Waals surface area (Å²) in [5.41, 5.74) is 0.735. The molecule has 0 atom stereocenters. The van der Waals surface area contributed by atoms with Crippen LogP contribution in [0.15, 0.2) is 18.2 Å². The van der Waals surface area contributed by atoms with Crippen LogP contribution in [0, 0.1) is 17.7 Å². The van der Waals surface area contributed by atoms with E-state index in [0.717, 1.165) is 0 Å². The van der Waals surface area contributed by atoms with E-state index in [4.69, 9.17) is 5.11 Å². The molecule has 0 fully saturated rings. The minimum Gasteiger partial charge on any atom is -0.395 e. The van der Waals surface area contributed by atoms with Gasteiger partial charge in [0.25, 0.3) is 0 Å². The Bertz CT molecular complexity index is 460. The summed E-state index contributed by atoms with van der Waals surface area (Å²) in [5.74, 6) is 4.67. The summed E-state index contributed by atoms with van der Waals surface area (Å²) in [4.78, 5) is 11.2. The number of aliphatic hydroxyl groups is 1. The molecule has 0 saturated heterocycles. The monoisotopic (exact) mass is 235 g/mol. The molecule has 0 radical (unpaired) electrons. The maximum Gasteiger partial charge on any atom is 0.224 e. The van der Waals surface area contributed by atoms with Crippen LogP contribution in [0.4, 0.5) is 10.1 Å². The fourth-order valence-electron chi connectivity index (χ4n) is 1.16. The first-order chi connectivity index (χ1) is 8.17. The molecule has 1 amide bonds. The second-order valence-electron chi connectivity index (χ2n) is 3.37. The van der Waals surface area contributed by atoms with Crippen LogP contribution in [0.25, 0.3) is 0 Å². The first-order valence-corrected chi connectivity index (χ1v) is 5.36. The third kappa shape index (κ3) is 4.25. The van der Waals surface area contributed by atoms with Gasteiger partial charge in [0, 0.05) is 18.5 Å². The number of benzene rings is 1. The predicted octanol–water partition coefficient (Wildman–Crippen LogP) is 1.91. The van der Waals surface area contributed by atoms with E-state index in [1.165, 1.54) is 18.2 Å². The van der Waals surface area contributed by atoms with Crippen LogP contribution >= 0.6 is 0 Å². The number of aliphatic hydroxyl groups excluding tert-OH is 1. The maximum atomic E-state index is 13.3. The van der Waals surface area contributed by atoms with Crippen molar-refractivity contribution in [3.8, 4) is 11.8 Å². The van der Waals surface area contributed by atoms with E-state index >= 15 is 0 Å². The van der Waals surface area contributed by atoms with Gasteiger partial charge in [0.2, 0.25) is 5.91 Å². The highest BCUT2D eigenvalue weighted by molar-refractivity contribution is 5.90. The number of carbonyl (C=O) groups excluding carboxylic acids is 1. The van der Waals surface area contributed by atoms with Crippen LogP contribution in [-0.4, -0.2) is 17.6 Å². The molecule has 0 aromatic heterocycles. The lowest BCUT2D eigenvalue weighted by Gasteiger charge is -2.04. The van der Waals surface area contributed by atoms with Crippen LogP contribution in [0.3, 0.4) is 0 Å². The third-order valence-corrected chi connectivity index (χ3v) is 2.03. The molecule has 0 aliphatic rings. The molecule has 0 saturated carbocycles. The van der Waals surface area contributed by atoms with Gasteiger partial charge in [-0.05, 0) is 18.2 Å². The lowest BCUT2D eigenvalue weighted by Crippen LogP contribution is -2.09. The van der Waals surface area contributed by atoms with E-state index < -0.39 is 5.82 Å². The number of anilines is 1. The van der Waals surface area contributed by atoms with Crippen LogP contribution in [0.1, 0.15) is 25.3 Å². The topological polar surface area (TPSA) is 49.3 Å². The zero-order chi connectivity index (χ0) is 12.7. The summed E-state index contributed by atoms with van der Waals surface area (Å²) >= 11 is 0. The second kappa shape index (κ2) is 6.66. The highest BCUT2D eigenvalue weighted by Crippen LogP contribution is 2.14. The summed E-state index contributed by atoms with van der Waals surface area (Å²) in [7, 11) is 0. The average molecular weight is 235 g/mol. The fraction of sp³-hybridized carbons (Fsp3) is 0.308. The van der Waals surface area contributed by atoms with Crippen molar-refractivity contribution in [2.24, 2.45) is 0 Å². The van der Waals surface area contributed by atoms with E-state index in [1.54, 1.807) is 6.92 Å². The second-order valence-corrected chi connectivity index (χ2v) is 3.37. The number of amides is 1. The normalized spacial score (nSPS) is 9.35. The zero-order valence-electron chi connectivity index (χ0n) is 9.59. The van der Waals surface area contributed by atoms with Crippen molar-refractivity contribution in [1.82, 2.24) is 0 Å². The summed E-state index contributed by atoms with van der Waals surface area (Å²) in [5, 5.41) is 11.2. The van der Waals surface area contributed by atoms with E-state index in [9.17, 15) is 9.18 Å². The Morgan fingerprint density at radius 1 is 1.53 bits per heavy atom. The molecule has 0 unspecified atom stereocenters. The Morgan fingerprint density at radius 2 is 2.29 bits per heavy atom. The molecule has 0 aliphatic heterocycles. The largest absolute Gasteiger partial charge is 0.395 e. The predicted molar refractivity (Wildman–Crippen MR) is 63.9 cm³/mol. The van der Waals surface area contributed by atoms with Gasteiger partial charge < -0.3 is 10.4 Å². The van der Waals surface area contributed by atoms with E-state index in [2.05, 4.69) is 17.2 Å². The van der Waals surface area contributed by atoms with E-state index in [0.29, 0.717) is 18.5 Å². The molecule has 1 aromatic carbocycles. The number of nitrogens with one attached hydrogen (secondary N) is 1. The van der Waals surface area contributed by atoms with Gasteiger partial charge in [0.05, 0.1) is 12.2 Å². The van der Waals surface area contributed by atoms with E-state index in [1.807, 2.05) is 0 Å². The standard InChI is InChI=1S/C13H14FNO2/c1-2-13(17)15-11-6-7-12(14)10(9-11)5-3-4-8-16/h6-7,9,16H,2,4,8H2,1H3,(H,15,17). The van der Waals surface area contributed by atoms with Crippen LogP contribution in [-0.2, 0) is 4.79 Å². The van der Waals surface area contributed by atoms with Crippen LogP contribution in [0.2, 0.25) is 0 Å². The first kappa shape index (κ1) is 13.2. The van der Waals surface area contributed by atoms with Crippen molar-refractivity contribution < 1.29 is 14.3 Å². The molecule has 1 aromatic rings. The number of carbonyl (C=O) groups is 1. The Hall–Kier alpha value is -1.86. The molecule has 17 heavy (non-hydrogen) atoms. The molecular formula is C13H14FNO2. The molecule has 0 bridgehead atoms. The van der Waals surface area contributed by atoms with Gasteiger partial charge in [0.15, 0.2) is 0 Å². The minimum atomic E-state index is -0.440. The number of rotatable bonds is 3. The smallest absolute Gasteiger partial charge is 0.224 e. The highest BCUT2D eigenvalue weighted by atomic mass is 19.1. The number of hydrogen-bond donors (Lipinski definition) is 2. The fourth-order valence-corrected chi connectivity index (χ4v) is 1.16. The molecule has 2 N–H and O–H groups in total. The van der Waals surface area contributed by atoms with Gasteiger partial charge in [-0.1, -0.05) is 18.8 Å². The Labute approximate surface area is 99.7 Å². The van der Waals surface area contributed by atoms with Crippen molar-refractivity contribution in [1.29, 1.82) is 0 Å². The quantitative estimate of drug-likeness (QED) is 0.786. The molecule has 90 valence electrons. The molecule has 0 aliphatic carbocycles. The van der Waals surface area contributed by atoms with Gasteiger partial charge in [-0.15, -0.1) is 0 Å². The molecule has 0 spiro atoms. The lowest BCUT2D eigenvalue weighted by atomic mass is 10.2. The lowest BCUT2D eigenvalue weighted by molar-refractivity contribution is -0.115. The molecular weight excluding hydrogens is 221 g/mol. The molecule has 0 heterocycles. The van der Waals surface area contributed by atoms with Gasteiger partial charge >= 0.3 is 0 Å². The van der Waals surface area contributed by atoms with Gasteiger partial charge in [-0.2, -0.15) is 0 Å². The molecule has 1 rings (SSSR count). The minimum absolute atomic E-state index is 0.0547. The van der Waals surface area contributed by atoms with Crippen molar-refractivity contribution in [3.63, 3.8) is 0 Å². The summed E-state index contributed by atoms with van der Waals surface area (Å²) in [6.07, 6.45) is 0.661.